The number of aryl methyl sites for hydroxylation is 2. The molecule has 7 nitrogen and oxygen atoms in total. The van der Waals surface area contributed by atoms with Crippen LogP contribution >= 0.6 is 0 Å². The number of carbonyl (C=O) groups excluding carboxylic acids is 1. The zero-order valence-corrected chi connectivity index (χ0v) is 14.1. The van der Waals surface area contributed by atoms with Gasteiger partial charge in [0.25, 0.3) is 5.91 Å². The van der Waals surface area contributed by atoms with Crippen LogP contribution in [0.5, 0.6) is 0 Å². The maximum Gasteiger partial charge on any atom is 0.250 e. The fraction of sp³-hybridized carbons (Fsp3) is 0.222. The number of amides is 1. The summed E-state index contributed by atoms with van der Waals surface area (Å²) in [6.07, 6.45) is 4.88. The number of nitrogens with one attached hydrogen (secondary N) is 1. The molecule has 3 aromatic rings. The van der Waals surface area contributed by atoms with Crippen LogP contribution in [0.15, 0.2) is 36.5 Å². The van der Waals surface area contributed by atoms with E-state index in [4.69, 9.17) is 5.26 Å². The van der Waals surface area contributed by atoms with Crippen LogP contribution in [0.25, 0.3) is 17.1 Å². The molecular formula is C18H18N6O. The van der Waals surface area contributed by atoms with Crippen molar-refractivity contribution in [3.8, 4) is 6.07 Å². The summed E-state index contributed by atoms with van der Waals surface area (Å²) in [4.78, 5) is 16.7. The molecule has 25 heavy (non-hydrogen) atoms. The van der Waals surface area contributed by atoms with Crippen LogP contribution in [0.1, 0.15) is 25.1 Å². The minimum absolute atomic E-state index is 0.269. The van der Waals surface area contributed by atoms with Crippen molar-refractivity contribution < 1.29 is 4.79 Å². The van der Waals surface area contributed by atoms with Crippen molar-refractivity contribution in [2.45, 2.75) is 26.9 Å². The predicted octanol–water partition coefficient (Wildman–Crippen LogP) is 2.80. The Morgan fingerprint density at radius 2 is 2.16 bits per heavy atom. The Morgan fingerprint density at radius 3 is 2.88 bits per heavy atom. The number of carbonyl (C=O) groups is 1. The second-order valence-corrected chi connectivity index (χ2v) is 5.39. The SMILES string of the molecule is CCn1nccc1/C=C/C(=O)Nc1nc2cc(C#N)ccc2n1CC. The molecule has 0 saturated carbocycles. The van der Waals surface area contributed by atoms with Crippen LogP contribution in [-0.2, 0) is 17.9 Å². The summed E-state index contributed by atoms with van der Waals surface area (Å²) in [6.45, 7) is 5.36. The summed E-state index contributed by atoms with van der Waals surface area (Å²) in [5.41, 5.74) is 2.97. The minimum Gasteiger partial charge on any atom is -0.310 e. The number of fused-ring (bicyclic) bond motifs is 1. The Hall–Kier alpha value is -3.40. The highest BCUT2D eigenvalue weighted by molar-refractivity contribution is 6.01. The lowest BCUT2D eigenvalue weighted by Crippen LogP contribution is -2.13. The van der Waals surface area contributed by atoms with Crippen LogP contribution in [0.2, 0.25) is 0 Å². The van der Waals surface area contributed by atoms with Gasteiger partial charge in [-0.05, 0) is 44.2 Å². The maximum absolute atomic E-state index is 12.2. The second-order valence-electron chi connectivity index (χ2n) is 5.39. The van der Waals surface area contributed by atoms with E-state index in [1.807, 2.05) is 30.5 Å². The summed E-state index contributed by atoms with van der Waals surface area (Å²) in [6, 6.07) is 9.24. The first-order valence-electron chi connectivity index (χ1n) is 8.07. The molecule has 0 spiro atoms. The van der Waals surface area contributed by atoms with Gasteiger partial charge in [-0.1, -0.05) is 0 Å². The normalized spacial score (nSPS) is 11.1. The number of imidazole rings is 1. The lowest BCUT2D eigenvalue weighted by atomic mass is 10.2. The molecule has 0 radical (unpaired) electrons. The molecule has 0 aliphatic rings. The minimum atomic E-state index is -0.269. The third kappa shape index (κ3) is 3.28. The lowest BCUT2D eigenvalue weighted by molar-refractivity contribution is -0.111. The molecule has 0 saturated heterocycles. The van der Waals surface area contributed by atoms with Crippen LogP contribution in [0.4, 0.5) is 5.95 Å². The summed E-state index contributed by atoms with van der Waals surface area (Å²) < 4.78 is 3.70. The molecule has 126 valence electrons. The number of benzene rings is 1. The van der Waals surface area contributed by atoms with Gasteiger partial charge in [-0.15, -0.1) is 0 Å². The smallest absolute Gasteiger partial charge is 0.250 e. The first-order valence-corrected chi connectivity index (χ1v) is 8.07. The number of aromatic nitrogens is 4. The highest BCUT2D eigenvalue weighted by atomic mass is 16.1. The van der Waals surface area contributed by atoms with Gasteiger partial charge in [0.05, 0.1) is 28.4 Å². The molecule has 0 bridgehead atoms. The van der Waals surface area contributed by atoms with E-state index < -0.39 is 0 Å². The molecule has 1 aromatic carbocycles. The van der Waals surface area contributed by atoms with E-state index in [1.165, 1.54) is 6.08 Å². The standard InChI is InChI=1S/C18H18N6O/c1-3-23-16-7-5-13(12-19)11-15(16)21-18(23)22-17(25)8-6-14-9-10-20-24(14)4-2/h5-11H,3-4H2,1-2H3,(H,21,22,25)/b8-6+. The first kappa shape index (κ1) is 16.5. The molecule has 1 amide bonds. The van der Waals surface area contributed by atoms with Crippen molar-refractivity contribution in [3.63, 3.8) is 0 Å². The van der Waals surface area contributed by atoms with Crippen LogP contribution in [0.3, 0.4) is 0 Å². The van der Waals surface area contributed by atoms with E-state index in [1.54, 1.807) is 29.1 Å². The average molecular weight is 334 g/mol. The quantitative estimate of drug-likeness (QED) is 0.727. The lowest BCUT2D eigenvalue weighted by Gasteiger charge is -2.05. The largest absolute Gasteiger partial charge is 0.310 e. The number of rotatable bonds is 5. The maximum atomic E-state index is 12.2. The zero-order valence-electron chi connectivity index (χ0n) is 14.1. The molecule has 2 heterocycles. The van der Waals surface area contributed by atoms with Crippen LogP contribution < -0.4 is 5.32 Å². The van der Waals surface area contributed by atoms with Gasteiger partial charge in [0.15, 0.2) is 0 Å². The monoisotopic (exact) mass is 334 g/mol. The van der Waals surface area contributed by atoms with Gasteiger partial charge >= 0.3 is 0 Å². The fourth-order valence-electron chi connectivity index (χ4n) is 2.68. The van der Waals surface area contributed by atoms with Crippen molar-refractivity contribution in [3.05, 3.63) is 47.8 Å². The van der Waals surface area contributed by atoms with Gasteiger partial charge in [0.2, 0.25) is 5.95 Å². The van der Waals surface area contributed by atoms with Crippen LogP contribution in [0, 0.1) is 11.3 Å². The second kappa shape index (κ2) is 7.01. The van der Waals surface area contributed by atoms with Gasteiger partial charge in [0.1, 0.15) is 0 Å². The molecule has 0 atom stereocenters. The zero-order chi connectivity index (χ0) is 17.8. The molecule has 0 aliphatic carbocycles. The highest BCUT2D eigenvalue weighted by Crippen LogP contribution is 2.21. The van der Waals surface area contributed by atoms with E-state index in [0.717, 1.165) is 17.8 Å². The number of nitrogens with zero attached hydrogens (tertiary/aromatic N) is 5. The summed E-state index contributed by atoms with van der Waals surface area (Å²) >= 11 is 0. The van der Waals surface area contributed by atoms with Gasteiger partial charge in [-0.3, -0.25) is 14.8 Å². The predicted molar refractivity (Wildman–Crippen MR) is 95.7 cm³/mol. The molecule has 0 aliphatic heterocycles. The van der Waals surface area contributed by atoms with E-state index in [2.05, 4.69) is 21.5 Å². The van der Waals surface area contributed by atoms with Crippen molar-refractivity contribution in [2.75, 3.05) is 5.32 Å². The summed E-state index contributed by atoms with van der Waals surface area (Å²) in [5.74, 6) is 0.195. The third-order valence-electron chi connectivity index (χ3n) is 3.88. The Morgan fingerprint density at radius 1 is 1.32 bits per heavy atom. The summed E-state index contributed by atoms with van der Waals surface area (Å²) in [7, 11) is 0. The van der Waals surface area contributed by atoms with Crippen molar-refractivity contribution in [2.24, 2.45) is 0 Å². The van der Waals surface area contributed by atoms with Gasteiger partial charge in [-0.25, -0.2) is 4.98 Å². The van der Waals surface area contributed by atoms with Crippen molar-refractivity contribution in [1.82, 2.24) is 19.3 Å². The van der Waals surface area contributed by atoms with Gasteiger partial charge in [0, 0.05) is 25.4 Å². The molecular weight excluding hydrogens is 316 g/mol. The van der Waals surface area contributed by atoms with E-state index in [9.17, 15) is 4.79 Å². The Labute approximate surface area is 145 Å². The van der Waals surface area contributed by atoms with Crippen LogP contribution in [-0.4, -0.2) is 25.2 Å². The number of anilines is 1. The molecule has 0 fully saturated rings. The highest BCUT2D eigenvalue weighted by Gasteiger charge is 2.11. The van der Waals surface area contributed by atoms with Gasteiger partial charge in [-0.2, -0.15) is 10.4 Å². The fourth-order valence-corrected chi connectivity index (χ4v) is 2.68. The Bertz CT molecular complexity index is 989. The molecule has 7 heteroatoms. The topological polar surface area (TPSA) is 88.5 Å². The number of nitriles is 1. The number of hydrogen-bond acceptors (Lipinski definition) is 4. The first-order chi connectivity index (χ1) is 12.2. The van der Waals surface area contributed by atoms with E-state index in [-0.39, 0.29) is 5.91 Å². The molecule has 2 aromatic heterocycles. The number of hydrogen-bond donors (Lipinski definition) is 1. The molecule has 3 rings (SSSR count). The molecule has 0 unspecified atom stereocenters. The van der Waals surface area contributed by atoms with Crippen molar-refractivity contribution >= 4 is 29.0 Å². The van der Waals surface area contributed by atoms with Crippen molar-refractivity contribution in [1.29, 1.82) is 5.26 Å². The Kier molecular flexibility index (Phi) is 4.61. The average Bonchev–Trinajstić information content (AvgIpc) is 3.22. The summed E-state index contributed by atoms with van der Waals surface area (Å²) in [5, 5.41) is 16.0. The third-order valence-corrected chi connectivity index (χ3v) is 3.88. The van der Waals surface area contributed by atoms with E-state index in [0.29, 0.717) is 23.6 Å². The molecule has 1 N–H and O–H groups in total. The van der Waals surface area contributed by atoms with Gasteiger partial charge < -0.3 is 4.57 Å². The van der Waals surface area contributed by atoms with E-state index >= 15 is 0 Å². The Balaban J connectivity index is 1.84.